The summed E-state index contributed by atoms with van der Waals surface area (Å²) in [5, 5.41) is 19.0. The molecule has 0 radical (unpaired) electrons. The molecule has 0 bridgehead atoms. The summed E-state index contributed by atoms with van der Waals surface area (Å²) in [6.07, 6.45) is 1.41. The van der Waals surface area contributed by atoms with Crippen molar-refractivity contribution in [1.82, 2.24) is 25.1 Å². The van der Waals surface area contributed by atoms with Gasteiger partial charge in [-0.1, -0.05) is 5.16 Å². The van der Waals surface area contributed by atoms with Crippen LogP contribution in [0.2, 0.25) is 0 Å². The van der Waals surface area contributed by atoms with Gasteiger partial charge >= 0.3 is 0 Å². The van der Waals surface area contributed by atoms with Gasteiger partial charge in [0.05, 0.1) is 11.9 Å². The minimum absolute atomic E-state index is 0.137. The molecular weight excluding hydrogens is 372 g/mol. The quantitative estimate of drug-likeness (QED) is 0.554. The molecule has 4 aromatic rings. The fraction of sp³-hybridized carbons (Fsp3) is 0.150. The second-order valence-electron chi connectivity index (χ2n) is 6.39. The monoisotopic (exact) mass is 390 g/mol. The molecule has 9 nitrogen and oxygen atoms in total. The first kappa shape index (κ1) is 18.4. The summed E-state index contributed by atoms with van der Waals surface area (Å²) in [5.41, 5.74) is 3.70. The molecule has 0 fully saturated rings. The number of aryl methyl sites for hydroxylation is 1. The molecule has 1 amide bonds. The van der Waals surface area contributed by atoms with E-state index in [1.54, 1.807) is 41.1 Å². The first-order valence-electron chi connectivity index (χ1n) is 8.88. The summed E-state index contributed by atoms with van der Waals surface area (Å²) in [6.45, 7) is 5.97. The Bertz CT molecular complexity index is 1130. The molecule has 0 aliphatic rings. The number of carbonyl (C=O) groups is 1. The Balaban J connectivity index is 1.43. The van der Waals surface area contributed by atoms with Crippen molar-refractivity contribution in [2.45, 2.75) is 20.8 Å². The van der Waals surface area contributed by atoms with Crippen LogP contribution in [0.25, 0.3) is 5.82 Å². The van der Waals surface area contributed by atoms with Gasteiger partial charge in [0.2, 0.25) is 11.6 Å². The highest BCUT2D eigenvalue weighted by Gasteiger charge is 2.12. The number of anilines is 1. The van der Waals surface area contributed by atoms with Crippen molar-refractivity contribution in [2.24, 2.45) is 0 Å². The number of amides is 1. The average molecular weight is 390 g/mol. The van der Waals surface area contributed by atoms with Crippen LogP contribution in [0.3, 0.4) is 0 Å². The molecule has 3 heterocycles. The van der Waals surface area contributed by atoms with E-state index in [9.17, 15) is 4.79 Å². The smallest absolute Gasteiger partial charge is 0.294 e. The lowest BCUT2D eigenvalue weighted by Gasteiger charge is -2.07. The van der Waals surface area contributed by atoms with Gasteiger partial charge in [0.25, 0.3) is 5.91 Å². The number of hydrogen-bond acceptors (Lipinski definition) is 7. The minimum Gasteiger partial charge on any atom is -0.438 e. The van der Waals surface area contributed by atoms with Crippen molar-refractivity contribution < 1.29 is 14.1 Å². The molecule has 0 saturated carbocycles. The van der Waals surface area contributed by atoms with Gasteiger partial charge < -0.3 is 14.6 Å². The van der Waals surface area contributed by atoms with Gasteiger partial charge in [0.1, 0.15) is 5.75 Å². The highest BCUT2D eigenvalue weighted by Crippen LogP contribution is 2.22. The first-order chi connectivity index (χ1) is 14.0. The zero-order valence-electron chi connectivity index (χ0n) is 16.1. The van der Waals surface area contributed by atoms with Gasteiger partial charge in [-0.05, 0) is 56.7 Å². The van der Waals surface area contributed by atoms with E-state index in [1.807, 2.05) is 20.8 Å². The third-order valence-electron chi connectivity index (χ3n) is 4.49. The zero-order valence-corrected chi connectivity index (χ0v) is 16.1. The molecular formula is C20H18N6O3. The molecule has 29 heavy (non-hydrogen) atoms. The third kappa shape index (κ3) is 3.84. The molecule has 9 heteroatoms. The van der Waals surface area contributed by atoms with Gasteiger partial charge in [-0.25, -0.2) is 4.68 Å². The molecule has 0 spiro atoms. The lowest BCUT2D eigenvalue weighted by molar-refractivity contribution is 0.0988. The predicted molar refractivity (Wildman–Crippen MR) is 104 cm³/mol. The maximum atomic E-state index is 11.9. The van der Waals surface area contributed by atoms with E-state index < -0.39 is 0 Å². The Labute approximate surface area is 166 Å². The maximum Gasteiger partial charge on any atom is 0.294 e. The molecule has 0 aliphatic heterocycles. The molecule has 1 N–H and O–H groups in total. The molecule has 0 unspecified atom stereocenters. The van der Waals surface area contributed by atoms with E-state index >= 15 is 0 Å². The van der Waals surface area contributed by atoms with Crippen molar-refractivity contribution in [1.29, 1.82) is 0 Å². The van der Waals surface area contributed by atoms with Crippen LogP contribution in [-0.4, -0.2) is 31.0 Å². The van der Waals surface area contributed by atoms with Crippen LogP contribution < -0.4 is 10.1 Å². The Morgan fingerprint density at radius 2 is 1.83 bits per heavy atom. The molecule has 146 valence electrons. The van der Waals surface area contributed by atoms with Crippen LogP contribution in [-0.2, 0) is 0 Å². The van der Waals surface area contributed by atoms with Gasteiger partial charge in [-0.3, -0.25) is 4.79 Å². The largest absolute Gasteiger partial charge is 0.438 e. The number of rotatable bonds is 5. The number of hydrogen-bond donors (Lipinski definition) is 1. The number of benzene rings is 1. The molecule has 4 rings (SSSR count). The number of nitrogens with one attached hydrogen (secondary N) is 1. The normalized spacial score (nSPS) is 10.7. The molecule has 3 aromatic heterocycles. The number of nitrogens with zero attached hydrogens (tertiary/aromatic N) is 5. The van der Waals surface area contributed by atoms with E-state index in [2.05, 4.69) is 25.8 Å². The Morgan fingerprint density at radius 1 is 1.03 bits per heavy atom. The van der Waals surface area contributed by atoms with Crippen LogP contribution in [0.5, 0.6) is 11.6 Å². The van der Waals surface area contributed by atoms with Gasteiger partial charge in [-0.15, -0.1) is 10.2 Å². The third-order valence-corrected chi connectivity index (χ3v) is 4.49. The second-order valence-corrected chi connectivity index (χ2v) is 6.39. The SMILES string of the molecule is Cc1nn(-c2ccc(Oc3ccc(NC(=O)c4ccno4)cc3)nn2)c(C)c1C. The first-order valence-corrected chi connectivity index (χ1v) is 8.88. The second kappa shape index (κ2) is 7.55. The fourth-order valence-electron chi connectivity index (χ4n) is 2.68. The Kier molecular flexibility index (Phi) is 4.78. The van der Waals surface area contributed by atoms with Crippen molar-refractivity contribution in [3.8, 4) is 17.4 Å². The highest BCUT2D eigenvalue weighted by atomic mass is 16.5. The predicted octanol–water partition coefficient (Wildman–Crippen LogP) is 3.62. The summed E-state index contributed by atoms with van der Waals surface area (Å²) in [6, 6.07) is 11.9. The maximum absolute atomic E-state index is 11.9. The van der Waals surface area contributed by atoms with Crippen molar-refractivity contribution >= 4 is 11.6 Å². The van der Waals surface area contributed by atoms with E-state index in [4.69, 9.17) is 9.26 Å². The van der Waals surface area contributed by atoms with Gasteiger partial charge in [0.15, 0.2) is 5.82 Å². The van der Waals surface area contributed by atoms with Crippen LogP contribution in [0.4, 0.5) is 5.69 Å². The number of carbonyl (C=O) groups excluding carboxylic acids is 1. The fourth-order valence-corrected chi connectivity index (χ4v) is 2.68. The Hall–Kier alpha value is -4.01. The molecule has 0 saturated heterocycles. The molecule has 0 aliphatic carbocycles. The van der Waals surface area contributed by atoms with Crippen molar-refractivity contribution in [3.63, 3.8) is 0 Å². The summed E-state index contributed by atoms with van der Waals surface area (Å²) in [4.78, 5) is 11.9. The highest BCUT2D eigenvalue weighted by molar-refractivity contribution is 6.02. The summed E-state index contributed by atoms with van der Waals surface area (Å²) >= 11 is 0. The Morgan fingerprint density at radius 3 is 2.41 bits per heavy atom. The van der Waals surface area contributed by atoms with E-state index in [0.29, 0.717) is 23.1 Å². The van der Waals surface area contributed by atoms with Crippen molar-refractivity contribution in [3.05, 3.63) is 71.4 Å². The average Bonchev–Trinajstić information content (AvgIpc) is 3.35. The van der Waals surface area contributed by atoms with E-state index in [1.165, 1.54) is 12.3 Å². The lowest BCUT2D eigenvalue weighted by atomic mass is 10.2. The van der Waals surface area contributed by atoms with E-state index in [0.717, 1.165) is 17.0 Å². The van der Waals surface area contributed by atoms with Gasteiger partial charge in [-0.2, -0.15) is 5.10 Å². The minimum atomic E-state index is -0.378. The van der Waals surface area contributed by atoms with Crippen LogP contribution in [0, 0.1) is 20.8 Å². The topological polar surface area (TPSA) is 108 Å². The molecule has 1 aromatic carbocycles. The lowest BCUT2D eigenvalue weighted by Crippen LogP contribution is -2.10. The van der Waals surface area contributed by atoms with Crippen LogP contribution >= 0.6 is 0 Å². The summed E-state index contributed by atoms with van der Waals surface area (Å²) in [5.74, 6) is 1.30. The number of aromatic nitrogens is 5. The van der Waals surface area contributed by atoms with Gasteiger partial charge in [0, 0.05) is 23.5 Å². The zero-order chi connectivity index (χ0) is 20.4. The summed E-state index contributed by atoms with van der Waals surface area (Å²) in [7, 11) is 0. The standard InChI is InChI=1S/C20H18N6O3/c1-12-13(2)25-26(14(12)3)18-8-9-19(24-23-18)28-16-6-4-15(5-7-16)22-20(27)17-10-11-21-29-17/h4-11H,1-3H3,(H,22,27). The summed E-state index contributed by atoms with van der Waals surface area (Å²) < 4.78 is 12.3. The van der Waals surface area contributed by atoms with Crippen molar-refractivity contribution in [2.75, 3.05) is 5.32 Å². The number of ether oxygens (including phenoxy) is 1. The van der Waals surface area contributed by atoms with Crippen LogP contribution in [0.15, 0.2) is 53.2 Å². The molecule has 0 atom stereocenters. The van der Waals surface area contributed by atoms with Crippen LogP contribution in [0.1, 0.15) is 27.5 Å². The van der Waals surface area contributed by atoms with E-state index in [-0.39, 0.29) is 11.7 Å².